The Bertz CT molecular complexity index is 654. The fraction of sp³-hybridized carbons (Fsp3) is 0.133. The summed E-state index contributed by atoms with van der Waals surface area (Å²) >= 11 is 0. The van der Waals surface area contributed by atoms with E-state index in [4.69, 9.17) is 4.74 Å². The molecule has 0 aliphatic carbocycles. The van der Waals surface area contributed by atoms with Gasteiger partial charge in [-0.2, -0.15) is 0 Å². The molecule has 0 aromatic heterocycles. The van der Waals surface area contributed by atoms with Crippen LogP contribution in [0.15, 0.2) is 30.3 Å². The topological polar surface area (TPSA) is 26.3 Å². The van der Waals surface area contributed by atoms with Crippen molar-refractivity contribution in [1.82, 2.24) is 0 Å². The number of halogens is 3. The van der Waals surface area contributed by atoms with E-state index < -0.39 is 17.5 Å². The van der Waals surface area contributed by atoms with E-state index in [2.05, 4.69) is 0 Å². The van der Waals surface area contributed by atoms with E-state index in [0.29, 0.717) is 18.6 Å². The van der Waals surface area contributed by atoms with Gasteiger partial charge in [0.25, 0.3) is 0 Å². The van der Waals surface area contributed by atoms with Crippen LogP contribution in [0.1, 0.15) is 17.3 Å². The normalized spacial score (nSPS) is 10.4. The van der Waals surface area contributed by atoms with Crippen LogP contribution in [0.4, 0.5) is 13.2 Å². The van der Waals surface area contributed by atoms with E-state index in [1.165, 1.54) is 18.2 Å². The number of benzene rings is 2. The van der Waals surface area contributed by atoms with Crippen molar-refractivity contribution < 1.29 is 22.7 Å². The van der Waals surface area contributed by atoms with Crippen molar-refractivity contribution in [1.29, 1.82) is 0 Å². The van der Waals surface area contributed by atoms with E-state index in [0.717, 1.165) is 12.1 Å². The second-order valence-electron chi connectivity index (χ2n) is 4.02. The summed E-state index contributed by atoms with van der Waals surface area (Å²) in [6.07, 6.45) is 0.512. The molecule has 2 aromatic rings. The molecule has 0 aliphatic heterocycles. The fourth-order valence-electron chi connectivity index (χ4n) is 1.87. The Balaban J connectivity index is 2.58. The van der Waals surface area contributed by atoms with Crippen LogP contribution in [0, 0.1) is 17.5 Å². The van der Waals surface area contributed by atoms with Gasteiger partial charge in [-0.05, 0) is 42.8 Å². The third-order valence-electron chi connectivity index (χ3n) is 2.79. The van der Waals surface area contributed by atoms with Gasteiger partial charge in [-0.25, -0.2) is 13.2 Å². The van der Waals surface area contributed by atoms with Crippen molar-refractivity contribution in [3.05, 3.63) is 53.3 Å². The van der Waals surface area contributed by atoms with Crippen LogP contribution in [0.2, 0.25) is 0 Å². The molecule has 2 aromatic carbocycles. The van der Waals surface area contributed by atoms with Crippen LogP contribution in [-0.2, 0) is 0 Å². The number of hydrogen-bond donors (Lipinski definition) is 0. The molecule has 5 heteroatoms. The van der Waals surface area contributed by atoms with Gasteiger partial charge in [-0.1, -0.05) is 0 Å². The Morgan fingerprint density at radius 1 is 1.05 bits per heavy atom. The molecular weight excluding hydrogens is 269 g/mol. The minimum Gasteiger partial charge on any atom is -0.494 e. The quantitative estimate of drug-likeness (QED) is 0.625. The molecule has 2 rings (SSSR count). The van der Waals surface area contributed by atoms with E-state index in [1.54, 1.807) is 6.92 Å². The zero-order valence-electron chi connectivity index (χ0n) is 10.6. The lowest BCUT2D eigenvalue weighted by molar-refractivity contribution is 0.112. The molecule has 104 valence electrons. The number of carbonyl (C=O) groups is 1. The molecule has 0 amide bonds. The van der Waals surface area contributed by atoms with Crippen LogP contribution in [0.25, 0.3) is 11.1 Å². The highest BCUT2D eigenvalue weighted by Crippen LogP contribution is 2.30. The molecule has 0 N–H and O–H groups in total. The van der Waals surface area contributed by atoms with E-state index >= 15 is 0 Å². The smallest absolute Gasteiger partial charge is 0.195 e. The first kappa shape index (κ1) is 14.1. The number of ether oxygens (including phenoxy) is 1. The Hall–Kier alpha value is -2.30. The molecule has 0 fully saturated rings. The Morgan fingerprint density at radius 3 is 2.40 bits per heavy atom. The maximum Gasteiger partial charge on any atom is 0.195 e. The minimum absolute atomic E-state index is 0.140. The summed E-state index contributed by atoms with van der Waals surface area (Å²) in [5, 5.41) is 0. The number of carbonyl (C=O) groups excluding carboxylic acids is 1. The predicted octanol–water partition coefficient (Wildman–Crippen LogP) is 3.98. The van der Waals surface area contributed by atoms with Crippen molar-refractivity contribution in [2.24, 2.45) is 0 Å². The van der Waals surface area contributed by atoms with E-state index in [1.807, 2.05) is 0 Å². The largest absolute Gasteiger partial charge is 0.494 e. The van der Waals surface area contributed by atoms with Crippen molar-refractivity contribution >= 4 is 6.29 Å². The van der Waals surface area contributed by atoms with Crippen molar-refractivity contribution in [2.45, 2.75) is 6.92 Å². The van der Waals surface area contributed by atoms with Gasteiger partial charge in [0.05, 0.1) is 6.61 Å². The van der Waals surface area contributed by atoms with E-state index in [-0.39, 0.29) is 16.7 Å². The zero-order chi connectivity index (χ0) is 14.7. The van der Waals surface area contributed by atoms with Gasteiger partial charge in [0.15, 0.2) is 23.7 Å². The molecule has 0 saturated heterocycles. The Morgan fingerprint density at radius 2 is 1.75 bits per heavy atom. The average Bonchev–Trinajstić information content (AvgIpc) is 2.46. The molecule has 0 aliphatic rings. The lowest BCUT2D eigenvalue weighted by Gasteiger charge is -2.10. The van der Waals surface area contributed by atoms with E-state index in [9.17, 15) is 18.0 Å². The van der Waals surface area contributed by atoms with Gasteiger partial charge in [-0.3, -0.25) is 4.79 Å². The number of aldehydes is 1. The third-order valence-corrected chi connectivity index (χ3v) is 2.79. The predicted molar refractivity (Wildman–Crippen MR) is 68.3 cm³/mol. The van der Waals surface area contributed by atoms with Crippen LogP contribution < -0.4 is 4.74 Å². The van der Waals surface area contributed by atoms with Gasteiger partial charge in [0, 0.05) is 11.1 Å². The summed E-state index contributed by atoms with van der Waals surface area (Å²) in [7, 11) is 0. The molecule has 0 spiro atoms. The second-order valence-corrected chi connectivity index (χ2v) is 4.02. The number of rotatable bonds is 4. The van der Waals surface area contributed by atoms with Gasteiger partial charge in [0.2, 0.25) is 0 Å². The molecular formula is C15H11F3O2. The summed E-state index contributed by atoms with van der Waals surface area (Å²) in [5.41, 5.74) is 0.148. The van der Waals surface area contributed by atoms with Crippen LogP contribution in [-0.4, -0.2) is 12.9 Å². The highest BCUT2D eigenvalue weighted by molar-refractivity contribution is 5.88. The lowest BCUT2D eigenvalue weighted by atomic mass is 9.99. The highest BCUT2D eigenvalue weighted by atomic mass is 19.2. The van der Waals surface area contributed by atoms with Crippen molar-refractivity contribution in [3.63, 3.8) is 0 Å². The third kappa shape index (κ3) is 2.52. The standard InChI is InChI=1S/C15H11F3O2/c1-2-20-10-3-4-11(9(7-10)8-19)12-5-6-13(16)15(18)14(12)17/h3-8H,2H2,1H3. The Kier molecular flexibility index (Phi) is 4.08. The zero-order valence-corrected chi connectivity index (χ0v) is 10.6. The SMILES string of the molecule is CCOc1ccc(-c2ccc(F)c(F)c2F)c(C=O)c1. The molecule has 2 nitrogen and oxygen atoms in total. The van der Waals surface area contributed by atoms with Crippen molar-refractivity contribution in [3.8, 4) is 16.9 Å². The van der Waals surface area contributed by atoms with Gasteiger partial charge >= 0.3 is 0 Å². The van der Waals surface area contributed by atoms with Crippen molar-refractivity contribution in [2.75, 3.05) is 6.61 Å². The summed E-state index contributed by atoms with van der Waals surface area (Å²) in [5.74, 6) is -3.71. The fourth-order valence-corrected chi connectivity index (χ4v) is 1.87. The van der Waals surface area contributed by atoms with Gasteiger partial charge < -0.3 is 4.74 Å². The minimum atomic E-state index is -1.56. The van der Waals surface area contributed by atoms with Gasteiger partial charge in [-0.15, -0.1) is 0 Å². The first-order valence-electron chi connectivity index (χ1n) is 5.94. The molecule has 0 radical (unpaired) electrons. The summed E-state index contributed by atoms with van der Waals surface area (Å²) < 4.78 is 45.1. The second kappa shape index (κ2) is 5.77. The molecule has 20 heavy (non-hydrogen) atoms. The highest BCUT2D eigenvalue weighted by Gasteiger charge is 2.17. The lowest BCUT2D eigenvalue weighted by Crippen LogP contribution is -1.98. The summed E-state index contributed by atoms with van der Waals surface area (Å²) in [4.78, 5) is 11.1. The van der Waals surface area contributed by atoms with Crippen LogP contribution in [0.3, 0.4) is 0 Å². The molecule has 0 atom stereocenters. The monoisotopic (exact) mass is 280 g/mol. The average molecular weight is 280 g/mol. The summed E-state index contributed by atoms with van der Waals surface area (Å²) in [6.45, 7) is 2.20. The molecule has 0 unspecified atom stereocenters. The van der Waals surface area contributed by atoms with Crippen LogP contribution in [0.5, 0.6) is 5.75 Å². The first-order valence-corrected chi connectivity index (χ1v) is 5.94. The van der Waals surface area contributed by atoms with Crippen LogP contribution >= 0.6 is 0 Å². The first-order chi connectivity index (χ1) is 9.58. The van der Waals surface area contributed by atoms with Gasteiger partial charge in [0.1, 0.15) is 5.75 Å². The molecule has 0 bridgehead atoms. The maximum atomic E-state index is 13.8. The maximum absolute atomic E-state index is 13.8. The summed E-state index contributed by atoms with van der Waals surface area (Å²) in [6, 6.07) is 6.30. The Labute approximate surface area is 113 Å². The number of hydrogen-bond acceptors (Lipinski definition) is 2. The molecule has 0 saturated carbocycles. The molecule has 0 heterocycles.